The zero-order valence-electron chi connectivity index (χ0n) is 9.89. The Morgan fingerprint density at radius 1 is 1.25 bits per heavy atom. The molecule has 0 unspecified atom stereocenters. The molecule has 1 saturated heterocycles. The molecule has 1 fully saturated rings. The molecule has 0 atom stereocenters. The van der Waals surface area contributed by atoms with Crippen LogP contribution in [0.3, 0.4) is 0 Å². The average Bonchev–Trinajstić information content (AvgIpc) is 2.30. The van der Waals surface area contributed by atoms with Crippen LogP contribution in [0.1, 0.15) is 5.69 Å². The van der Waals surface area contributed by atoms with Crippen LogP contribution < -0.4 is 10.6 Å². The molecule has 4 heteroatoms. The van der Waals surface area contributed by atoms with Gasteiger partial charge in [0.1, 0.15) is 5.82 Å². The second kappa shape index (κ2) is 5.27. The fraction of sp³-hybridized carbons (Fsp3) is 0.583. The highest BCUT2D eigenvalue weighted by Gasteiger charge is 2.16. The summed E-state index contributed by atoms with van der Waals surface area (Å²) in [7, 11) is 0. The number of pyridine rings is 1. The number of piperazine rings is 1. The first-order valence-electron chi connectivity index (χ1n) is 5.90. The van der Waals surface area contributed by atoms with E-state index in [-0.39, 0.29) is 0 Å². The van der Waals surface area contributed by atoms with Gasteiger partial charge in [-0.1, -0.05) is 6.07 Å². The molecule has 0 amide bonds. The number of hydrogen-bond donors (Lipinski definition) is 1. The summed E-state index contributed by atoms with van der Waals surface area (Å²) in [6.07, 6.45) is 0. The number of hydrogen-bond acceptors (Lipinski definition) is 4. The second-order valence-electron chi connectivity index (χ2n) is 4.25. The van der Waals surface area contributed by atoms with E-state index in [1.54, 1.807) is 0 Å². The highest BCUT2D eigenvalue weighted by molar-refractivity contribution is 5.39. The molecule has 1 aromatic rings. The Balaban J connectivity index is 1.94. The Labute approximate surface area is 97.1 Å². The van der Waals surface area contributed by atoms with Crippen LogP contribution in [0.5, 0.6) is 0 Å². The SMILES string of the molecule is Cc1cccc(N2CCN(CCN)CC2)n1. The Kier molecular flexibility index (Phi) is 3.74. The van der Waals surface area contributed by atoms with Gasteiger partial charge in [0.05, 0.1) is 0 Å². The number of aromatic nitrogens is 1. The highest BCUT2D eigenvalue weighted by Crippen LogP contribution is 2.13. The molecule has 2 rings (SSSR count). The first-order valence-corrected chi connectivity index (χ1v) is 5.90. The molecule has 0 saturated carbocycles. The first-order chi connectivity index (χ1) is 7.79. The van der Waals surface area contributed by atoms with Crippen molar-refractivity contribution in [3.05, 3.63) is 23.9 Å². The van der Waals surface area contributed by atoms with E-state index < -0.39 is 0 Å². The van der Waals surface area contributed by atoms with Gasteiger partial charge in [0.2, 0.25) is 0 Å². The van der Waals surface area contributed by atoms with E-state index in [4.69, 9.17) is 5.73 Å². The quantitative estimate of drug-likeness (QED) is 0.804. The number of aryl methyl sites for hydroxylation is 1. The van der Waals surface area contributed by atoms with Crippen molar-refractivity contribution in [2.24, 2.45) is 5.73 Å². The van der Waals surface area contributed by atoms with E-state index in [9.17, 15) is 0 Å². The molecular formula is C12H20N4. The third-order valence-electron chi connectivity index (χ3n) is 3.02. The van der Waals surface area contributed by atoms with Crippen LogP contribution in [0.2, 0.25) is 0 Å². The molecule has 0 aliphatic carbocycles. The van der Waals surface area contributed by atoms with Gasteiger partial charge in [-0.2, -0.15) is 0 Å². The maximum atomic E-state index is 5.56. The van der Waals surface area contributed by atoms with Gasteiger partial charge < -0.3 is 10.6 Å². The van der Waals surface area contributed by atoms with Crippen molar-refractivity contribution in [2.45, 2.75) is 6.92 Å². The topological polar surface area (TPSA) is 45.4 Å². The van der Waals surface area contributed by atoms with Crippen LogP contribution >= 0.6 is 0 Å². The van der Waals surface area contributed by atoms with Crippen molar-refractivity contribution < 1.29 is 0 Å². The van der Waals surface area contributed by atoms with Gasteiger partial charge in [-0.05, 0) is 19.1 Å². The van der Waals surface area contributed by atoms with E-state index in [0.29, 0.717) is 0 Å². The zero-order valence-corrected chi connectivity index (χ0v) is 9.89. The smallest absolute Gasteiger partial charge is 0.128 e. The third-order valence-corrected chi connectivity index (χ3v) is 3.02. The molecule has 2 N–H and O–H groups in total. The fourth-order valence-corrected chi connectivity index (χ4v) is 2.09. The molecular weight excluding hydrogens is 200 g/mol. The molecule has 0 aromatic carbocycles. The minimum Gasteiger partial charge on any atom is -0.354 e. The third kappa shape index (κ3) is 2.71. The summed E-state index contributed by atoms with van der Waals surface area (Å²) < 4.78 is 0. The normalized spacial score (nSPS) is 17.8. The van der Waals surface area contributed by atoms with Gasteiger partial charge in [-0.3, -0.25) is 4.90 Å². The molecule has 16 heavy (non-hydrogen) atoms. The second-order valence-corrected chi connectivity index (χ2v) is 4.25. The maximum Gasteiger partial charge on any atom is 0.128 e. The Morgan fingerprint density at radius 2 is 2.00 bits per heavy atom. The molecule has 88 valence electrons. The zero-order chi connectivity index (χ0) is 11.4. The molecule has 0 spiro atoms. The van der Waals surface area contributed by atoms with Crippen molar-refractivity contribution in [2.75, 3.05) is 44.2 Å². The van der Waals surface area contributed by atoms with E-state index in [1.807, 2.05) is 13.0 Å². The van der Waals surface area contributed by atoms with Gasteiger partial charge in [0.15, 0.2) is 0 Å². The van der Waals surface area contributed by atoms with Crippen molar-refractivity contribution in [1.82, 2.24) is 9.88 Å². The van der Waals surface area contributed by atoms with Crippen molar-refractivity contribution >= 4 is 5.82 Å². The lowest BCUT2D eigenvalue weighted by Crippen LogP contribution is -2.48. The predicted molar refractivity (Wildman–Crippen MR) is 66.7 cm³/mol. The summed E-state index contributed by atoms with van der Waals surface area (Å²) in [5, 5.41) is 0. The molecule has 2 heterocycles. The van der Waals surface area contributed by atoms with Crippen LogP contribution in [0.25, 0.3) is 0 Å². The molecule has 0 radical (unpaired) electrons. The number of nitrogens with zero attached hydrogens (tertiary/aromatic N) is 3. The summed E-state index contributed by atoms with van der Waals surface area (Å²) in [6.45, 7) is 8.08. The van der Waals surface area contributed by atoms with E-state index in [0.717, 1.165) is 50.8 Å². The number of nitrogens with two attached hydrogens (primary N) is 1. The molecule has 4 nitrogen and oxygen atoms in total. The summed E-state index contributed by atoms with van der Waals surface area (Å²) in [5.41, 5.74) is 6.64. The van der Waals surface area contributed by atoms with E-state index >= 15 is 0 Å². The summed E-state index contributed by atoms with van der Waals surface area (Å²) in [5.74, 6) is 1.10. The van der Waals surface area contributed by atoms with Crippen LogP contribution in [0.15, 0.2) is 18.2 Å². The Hall–Kier alpha value is -1.13. The average molecular weight is 220 g/mol. The predicted octanol–water partition coefficient (Wildman–Crippen LogP) is 0.471. The van der Waals surface area contributed by atoms with Gasteiger partial charge in [0, 0.05) is 45.0 Å². The number of rotatable bonds is 3. The standard InChI is InChI=1S/C12H20N4/c1-11-3-2-4-12(14-11)16-9-7-15(6-5-13)8-10-16/h2-4H,5-10,13H2,1H3. The summed E-state index contributed by atoms with van der Waals surface area (Å²) >= 11 is 0. The lowest BCUT2D eigenvalue weighted by atomic mass is 10.3. The molecule has 1 aliphatic heterocycles. The lowest BCUT2D eigenvalue weighted by molar-refractivity contribution is 0.264. The summed E-state index contributed by atoms with van der Waals surface area (Å²) in [6, 6.07) is 6.20. The van der Waals surface area contributed by atoms with Gasteiger partial charge >= 0.3 is 0 Å². The van der Waals surface area contributed by atoms with Crippen molar-refractivity contribution in [1.29, 1.82) is 0 Å². The first kappa shape index (κ1) is 11.4. The molecule has 0 bridgehead atoms. The highest BCUT2D eigenvalue weighted by atomic mass is 15.3. The van der Waals surface area contributed by atoms with Crippen molar-refractivity contribution in [3.63, 3.8) is 0 Å². The number of anilines is 1. The Morgan fingerprint density at radius 3 is 2.62 bits per heavy atom. The molecule has 1 aromatic heterocycles. The van der Waals surface area contributed by atoms with Crippen molar-refractivity contribution in [3.8, 4) is 0 Å². The minimum atomic E-state index is 0.753. The fourth-order valence-electron chi connectivity index (χ4n) is 2.09. The minimum absolute atomic E-state index is 0.753. The van der Waals surface area contributed by atoms with Gasteiger partial charge in [-0.15, -0.1) is 0 Å². The van der Waals surface area contributed by atoms with Gasteiger partial charge in [-0.25, -0.2) is 4.98 Å². The lowest BCUT2D eigenvalue weighted by Gasteiger charge is -2.35. The summed E-state index contributed by atoms with van der Waals surface area (Å²) in [4.78, 5) is 9.31. The Bertz CT molecular complexity index is 332. The van der Waals surface area contributed by atoms with Crippen LogP contribution in [0, 0.1) is 6.92 Å². The van der Waals surface area contributed by atoms with E-state index in [2.05, 4.69) is 26.9 Å². The van der Waals surface area contributed by atoms with Crippen LogP contribution in [-0.4, -0.2) is 49.2 Å². The van der Waals surface area contributed by atoms with Gasteiger partial charge in [0.25, 0.3) is 0 Å². The van der Waals surface area contributed by atoms with Crippen LogP contribution in [0.4, 0.5) is 5.82 Å². The van der Waals surface area contributed by atoms with E-state index in [1.165, 1.54) is 0 Å². The molecule has 1 aliphatic rings. The monoisotopic (exact) mass is 220 g/mol. The largest absolute Gasteiger partial charge is 0.354 e. The maximum absolute atomic E-state index is 5.56. The van der Waals surface area contributed by atoms with Crippen LogP contribution in [-0.2, 0) is 0 Å².